The molecule has 0 saturated carbocycles. The van der Waals surface area contributed by atoms with Crippen LogP contribution in [0.25, 0.3) is 11.1 Å². The van der Waals surface area contributed by atoms with Crippen molar-refractivity contribution in [3.8, 4) is 11.1 Å². The molecule has 1 heterocycles. The second-order valence-corrected chi connectivity index (χ2v) is 5.07. The van der Waals surface area contributed by atoms with Gasteiger partial charge in [-0.2, -0.15) is 0 Å². The van der Waals surface area contributed by atoms with Gasteiger partial charge in [-0.05, 0) is 17.5 Å². The highest BCUT2D eigenvalue weighted by molar-refractivity contribution is 6.05. The van der Waals surface area contributed by atoms with Crippen molar-refractivity contribution >= 4 is 5.78 Å². The molecule has 1 fully saturated rings. The Morgan fingerprint density at radius 1 is 0.857 bits per heavy atom. The second-order valence-electron chi connectivity index (χ2n) is 5.07. The molecular weight excluding hydrogens is 260 g/mol. The third-order valence-corrected chi connectivity index (χ3v) is 3.54. The fourth-order valence-corrected chi connectivity index (χ4v) is 2.37. The molecule has 3 heteroatoms. The second kappa shape index (κ2) is 6.27. The maximum atomic E-state index is 12.2. The lowest BCUT2D eigenvalue weighted by atomic mass is 10.0. The van der Waals surface area contributed by atoms with Crippen LogP contribution in [0.5, 0.6) is 0 Å². The van der Waals surface area contributed by atoms with E-state index in [1.807, 2.05) is 42.5 Å². The summed E-state index contributed by atoms with van der Waals surface area (Å²) < 4.78 is 0. The smallest absolute Gasteiger partial charge is 0.189 e. The number of carbonyl (C=O) groups is 1. The lowest BCUT2D eigenvalue weighted by Crippen LogP contribution is -2.35. The average Bonchev–Trinajstić information content (AvgIpc) is 2.57. The molecule has 0 radical (unpaired) electrons. The van der Waals surface area contributed by atoms with Crippen LogP contribution in [-0.4, -0.2) is 18.9 Å². The van der Waals surface area contributed by atoms with Gasteiger partial charge >= 0.3 is 0 Å². The van der Waals surface area contributed by atoms with E-state index in [1.165, 1.54) is 0 Å². The van der Waals surface area contributed by atoms with E-state index in [1.54, 1.807) is 6.08 Å². The van der Waals surface area contributed by atoms with Gasteiger partial charge in [0.15, 0.2) is 5.78 Å². The minimum Gasteiger partial charge on any atom is -0.372 e. The first-order valence-corrected chi connectivity index (χ1v) is 7.22. The maximum Gasteiger partial charge on any atom is 0.189 e. The SMILES string of the molecule is O=C(C=C1NCCCN1)c1ccc(-c2ccccc2)cc1. The van der Waals surface area contributed by atoms with Crippen molar-refractivity contribution in [3.63, 3.8) is 0 Å². The standard InChI is InChI=1S/C18H18N2O/c21-17(13-18-19-11-4-12-20-18)16-9-7-15(8-10-16)14-5-2-1-3-6-14/h1-3,5-10,13,19-20H,4,11-12H2. The molecule has 1 saturated heterocycles. The van der Waals surface area contributed by atoms with Crippen molar-refractivity contribution in [1.29, 1.82) is 0 Å². The normalized spacial score (nSPS) is 14.0. The van der Waals surface area contributed by atoms with Crippen LogP contribution in [-0.2, 0) is 0 Å². The summed E-state index contributed by atoms with van der Waals surface area (Å²) in [5.74, 6) is 0.838. The third-order valence-electron chi connectivity index (χ3n) is 3.54. The fourth-order valence-electron chi connectivity index (χ4n) is 2.37. The monoisotopic (exact) mass is 278 g/mol. The molecule has 0 amide bonds. The van der Waals surface area contributed by atoms with Crippen LogP contribution in [0.3, 0.4) is 0 Å². The molecule has 0 bridgehead atoms. The number of rotatable bonds is 3. The van der Waals surface area contributed by atoms with E-state index >= 15 is 0 Å². The number of benzene rings is 2. The van der Waals surface area contributed by atoms with Crippen molar-refractivity contribution < 1.29 is 4.79 Å². The summed E-state index contributed by atoms with van der Waals surface area (Å²) in [6.07, 6.45) is 2.72. The quantitative estimate of drug-likeness (QED) is 0.670. The van der Waals surface area contributed by atoms with Gasteiger partial charge in [-0.1, -0.05) is 54.6 Å². The molecule has 2 aromatic rings. The molecule has 0 atom stereocenters. The Bertz CT molecular complexity index is 637. The van der Waals surface area contributed by atoms with E-state index in [0.717, 1.165) is 36.5 Å². The topological polar surface area (TPSA) is 41.1 Å². The van der Waals surface area contributed by atoms with Crippen LogP contribution in [0.1, 0.15) is 16.8 Å². The number of nitrogens with one attached hydrogen (secondary N) is 2. The van der Waals surface area contributed by atoms with Crippen LogP contribution in [0, 0.1) is 0 Å². The Hall–Kier alpha value is -2.55. The Morgan fingerprint density at radius 3 is 2.14 bits per heavy atom. The predicted molar refractivity (Wildman–Crippen MR) is 84.9 cm³/mol. The number of carbonyl (C=O) groups excluding carboxylic acids is 1. The highest BCUT2D eigenvalue weighted by atomic mass is 16.1. The Labute approximate surface area is 124 Å². The van der Waals surface area contributed by atoms with Gasteiger partial charge in [0.05, 0.1) is 0 Å². The van der Waals surface area contributed by atoms with Crippen molar-refractivity contribution in [2.45, 2.75) is 6.42 Å². The van der Waals surface area contributed by atoms with Gasteiger partial charge in [0.2, 0.25) is 0 Å². The molecule has 3 nitrogen and oxygen atoms in total. The van der Waals surface area contributed by atoms with Crippen LogP contribution < -0.4 is 10.6 Å². The summed E-state index contributed by atoms with van der Waals surface area (Å²) in [5, 5.41) is 6.37. The summed E-state index contributed by atoms with van der Waals surface area (Å²) in [7, 11) is 0. The van der Waals surface area contributed by atoms with Gasteiger partial charge in [-0.3, -0.25) is 4.79 Å². The zero-order chi connectivity index (χ0) is 14.5. The molecule has 2 aromatic carbocycles. The van der Waals surface area contributed by atoms with E-state index in [0.29, 0.717) is 5.56 Å². The van der Waals surface area contributed by atoms with E-state index in [-0.39, 0.29) is 5.78 Å². The number of hydrogen-bond acceptors (Lipinski definition) is 3. The summed E-state index contributed by atoms with van der Waals surface area (Å²) in [4.78, 5) is 12.2. The molecule has 1 aliphatic rings. The fraction of sp³-hybridized carbons (Fsp3) is 0.167. The summed E-state index contributed by atoms with van der Waals surface area (Å²) in [5.41, 5.74) is 2.98. The van der Waals surface area contributed by atoms with E-state index in [4.69, 9.17) is 0 Å². The van der Waals surface area contributed by atoms with Crippen molar-refractivity contribution in [2.24, 2.45) is 0 Å². The van der Waals surface area contributed by atoms with E-state index in [9.17, 15) is 4.79 Å². The van der Waals surface area contributed by atoms with Crippen LogP contribution >= 0.6 is 0 Å². The number of hydrogen-bond donors (Lipinski definition) is 2. The zero-order valence-corrected chi connectivity index (χ0v) is 11.8. The average molecular weight is 278 g/mol. The molecule has 1 aliphatic heterocycles. The van der Waals surface area contributed by atoms with E-state index < -0.39 is 0 Å². The lowest BCUT2D eigenvalue weighted by Gasteiger charge is -2.18. The molecule has 0 spiro atoms. The molecule has 106 valence electrons. The molecule has 0 aromatic heterocycles. The Kier molecular flexibility index (Phi) is 4.01. The molecular formula is C18H18N2O. The highest BCUT2D eigenvalue weighted by Crippen LogP contribution is 2.19. The Balaban J connectivity index is 1.76. The molecule has 3 rings (SSSR count). The molecule has 0 unspecified atom stereocenters. The van der Waals surface area contributed by atoms with Crippen LogP contribution in [0.4, 0.5) is 0 Å². The number of allylic oxidation sites excluding steroid dienone is 1. The first kappa shape index (κ1) is 13.4. The minimum absolute atomic E-state index is 0.0199. The van der Waals surface area contributed by atoms with Gasteiger partial charge in [-0.15, -0.1) is 0 Å². The summed E-state index contributed by atoms with van der Waals surface area (Å²) >= 11 is 0. The van der Waals surface area contributed by atoms with Crippen molar-refractivity contribution in [1.82, 2.24) is 10.6 Å². The number of ketones is 1. The molecule has 2 N–H and O–H groups in total. The van der Waals surface area contributed by atoms with Crippen LogP contribution in [0.2, 0.25) is 0 Å². The molecule has 21 heavy (non-hydrogen) atoms. The highest BCUT2D eigenvalue weighted by Gasteiger charge is 2.08. The van der Waals surface area contributed by atoms with Gasteiger partial charge in [0.1, 0.15) is 5.82 Å². The van der Waals surface area contributed by atoms with E-state index in [2.05, 4.69) is 22.8 Å². The predicted octanol–water partition coefficient (Wildman–Crippen LogP) is 2.96. The lowest BCUT2D eigenvalue weighted by molar-refractivity contribution is 0.104. The van der Waals surface area contributed by atoms with Crippen molar-refractivity contribution in [2.75, 3.05) is 13.1 Å². The largest absolute Gasteiger partial charge is 0.372 e. The van der Waals surface area contributed by atoms with Gasteiger partial charge < -0.3 is 10.6 Å². The van der Waals surface area contributed by atoms with Crippen molar-refractivity contribution in [3.05, 3.63) is 72.1 Å². The van der Waals surface area contributed by atoms with Crippen LogP contribution in [0.15, 0.2) is 66.5 Å². The Morgan fingerprint density at radius 2 is 1.48 bits per heavy atom. The summed E-state index contributed by atoms with van der Waals surface area (Å²) in [6, 6.07) is 17.9. The summed E-state index contributed by atoms with van der Waals surface area (Å²) in [6.45, 7) is 1.83. The minimum atomic E-state index is 0.0199. The zero-order valence-electron chi connectivity index (χ0n) is 11.8. The van der Waals surface area contributed by atoms with Gasteiger partial charge in [-0.25, -0.2) is 0 Å². The van der Waals surface area contributed by atoms with Gasteiger partial charge in [0.25, 0.3) is 0 Å². The first-order chi connectivity index (χ1) is 10.3. The maximum absolute atomic E-state index is 12.2. The third kappa shape index (κ3) is 3.31. The van der Waals surface area contributed by atoms with Gasteiger partial charge in [0, 0.05) is 24.7 Å². The first-order valence-electron chi connectivity index (χ1n) is 7.22. The molecule has 0 aliphatic carbocycles.